The Bertz CT molecular complexity index is 402. The first-order chi connectivity index (χ1) is 7.95. The number of nitrogens with two attached hydrogens (primary N) is 1. The standard InChI is InChI=1S/C13H19NO3/c1-8(2)9-4-5-12(17-3)10(6-9)7-11(14)13(15)16/h4-6,8,11H,7,14H2,1-3H3,(H,15,16). The van der Waals surface area contributed by atoms with E-state index >= 15 is 0 Å². The lowest BCUT2D eigenvalue weighted by Gasteiger charge is -2.14. The molecule has 0 saturated heterocycles. The summed E-state index contributed by atoms with van der Waals surface area (Å²) in [7, 11) is 1.57. The molecule has 0 amide bonds. The first kappa shape index (κ1) is 13.5. The van der Waals surface area contributed by atoms with Gasteiger partial charge in [-0.25, -0.2) is 0 Å². The molecule has 1 aromatic rings. The van der Waals surface area contributed by atoms with Crippen molar-refractivity contribution in [2.24, 2.45) is 5.73 Å². The van der Waals surface area contributed by atoms with Crippen molar-refractivity contribution in [1.82, 2.24) is 0 Å². The number of carbonyl (C=O) groups is 1. The zero-order chi connectivity index (χ0) is 13.0. The second-order valence-corrected chi connectivity index (χ2v) is 4.37. The van der Waals surface area contributed by atoms with E-state index in [4.69, 9.17) is 15.6 Å². The number of aliphatic carboxylic acids is 1. The van der Waals surface area contributed by atoms with Crippen LogP contribution in [0.4, 0.5) is 0 Å². The topological polar surface area (TPSA) is 72.5 Å². The summed E-state index contributed by atoms with van der Waals surface area (Å²) in [5, 5.41) is 8.82. The van der Waals surface area contributed by atoms with Gasteiger partial charge in [-0.15, -0.1) is 0 Å². The van der Waals surface area contributed by atoms with Crippen LogP contribution >= 0.6 is 0 Å². The van der Waals surface area contributed by atoms with Gasteiger partial charge in [-0.1, -0.05) is 26.0 Å². The molecule has 0 fully saturated rings. The molecule has 0 saturated carbocycles. The third-order valence-corrected chi connectivity index (χ3v) is 2.73. The average molecular weight is 237 g/mol. The smallest absolute Gasteiger partial charge is 0.320 e. The van der Waals surface area contributed by atoms with E-state index in [1.54, 1.807) is 7.11 Å². The summed E-state index contributed by atoms with van der Waals surface area (Å²) in [5.41, 5.74) is 7.54. The van der Waals surface area contributed by atoms with E-state index in [0.29, 0.717) is 11.7 Å². The molecular formula is C13H19NO3. The Balaban J connectivity index is 3.01. The molecule has 1 rings (SSSR count). The van der Waals surface area contributed by atoms with Gasteiger partial charge in [0.1, 0.15) is 11.8 Å². The molecular weight excluding hydrogens is 218 g/mol. The van der Waals surface area contributed by atoms with Crippen LogP contribution in [0.25, 0.3) is 0 Å². The number of benzene rings is 1. The number of carboxylic acid groups (broad SMARTS) is 1. The number of ether oxygens (including phenoxy) is 1. The lowest BCUT2D eigenvalue weighted by molar-refractivity contribution is -0.138. The molecule has 17 heavy (non-hydrogen) atoms. The molecule has 0 aliphatic heterocycles. The minimum Gasteiger partial charge on any atom is -0.496 e. The molecule has 0 spiro atoms. The van der Waals surface area contributed by atoms with Crippen LogP contribution in [-0.2, 0) is 11.2 Å². The number of hydrogen-bond acceptors (Lipinski definition) is 3. The molecule has 1 aromatic carbocycles. The normalized spacial score (nSPS) is 12.5. The Labute approximate surface area is 101 Å². The highest BCUT2D eigenvalue weighted by molar-refractivity contribution is 5.73. The van der Waals surface area contributed by atoms with Crippen LogP contribution in [0.1, 0.15) is 30.9 Å². The molecule has 0 radical (unpaired) electrons. The van der Waals surface area contributed by atoms with E-state index in [0.717, 1.165) is 11.1 Å². The molecule has 3 N–H and O–H groups in total. The maximum Gasteiger partial charge on any atom is 0.320 e. The quantitative estimate of drug-likeness (QED) is 0.818. The molecule has 4 heteroatoms. The fourth-order valence-electron chi connectivity index (χ4n) is 1.64. The Hall–Kier alpha value is -1.55. The molecule has 0 aromatic heterocycles. The van der Waals surface area contributed by atoms with Gasteiger partial charge in [0.2, 0.25) is 0 Å². The molecule has 0 heterocycles. The largest absolute Gasteiger partial charge is 0.496 e. The van der Waals surface area contributed by atoms with Gasteiger partial charge in [0.05, 0.1) is 7.11 Å². The average Bonchev–Trinajstić information content (AvgIpc) is 2.28. The maximum absolute atomic E-state index is 10.8. The Kier molecular flexibility index (Phi) is 4.52. The Morgan fingerprint density at radius 2 is 2.12 bits per heavy atom. The van der Waals surface area contributed by atoms with Gasteiger partial charge in [0, 0.05) is 6.42 Å². The van der Waals surface area contributed by atoms with E-state index in [-0.39, 0.29) is 6.42 Å². The molecule has 0 aliphatic rings. The SMILES string of the molecule is COc1ccc(C(C)C)cc1CC(N)C(=O)O. The first-order valence-corrected chi connectivity index (χ1v) is 5.61. The van der Waals surface area contributed by atoms with E-state index in [1.807, 2.05) is 18.2 Å². The van der Waals surface area contributed by atoms with Crippen molar-refractivity contribution in [2.45, 2.75) is 32.2 Å². The highest BCUT2D eigenvalue weighted by atomic mass is 16.5. The molecule has 1 unspecified atom stereocenters. The van der Waals surface area contributed by atoms with Crippen molar-refractivity contribution in [3.8, 4) is 5.75 Å². The lowest BCUT2D eigenvalue weighted by atomic mass is 9.97. The second kappa shape index (κ2) is 5.68. The zero-order valence-electron chi connectivity index (χ0n) is 10.4. The Morgan fingerprint density at radius 3 is 2.59 bits per heavy atom. The molecule has 0 aliphatic carbocycles. The summed E-state index contributed by atoms with van der Waals surface area (Å²) >= 11 is 0. The fraction of sp³-hybridized carbons (Fsp3) is 0.462. The van der Waals surface area contributed by atoms with Crippen molar-refractivity contribution in [1.29, 1.82) is 0 Å². The van der Waals surface area contributed by atoms with Crippen LogP contribution in [0.15, 0.2) is 18.2 Å². The van der Waals surface area contributed by atoms with Gasteiger partial charge in [-0.05, 0) is 23.1 Å². The van der Waals surface area contributed by atoms with Gasteiger partial charge >= 0.3 is 5.97 Å². The van der Waals surface area contributed by atoms with Crippen LogP contribution in [-0.4, -0.2) is 24.2 Å². The van der Waals surface area contributed by atoms with Crippen LogP contribution < -0.4 is 10.5 Å². The van der Waals surface area contributed by atoms with Gasteiger partial charge in [0.15, 0.2) is 0 Å². The first-order valence-electron chi connectivity index (χ1n) is 5.61. The highest BCUT2D eigenvalue weighted by Gasteiger charge is 2.15. The van der Waals surface area contributed by atoms with Crippen LogP contribution in [0.3, 0.4) is 0 Å². The predicted octanol–water partition coefficient (Wildman–Crippen LogP) is 1.77. The maximum atomic E-state index is 10.8. The van der Waals surface area contributed by atoms with Crippen molar-refractivity contribution in [3.63, 3.8) is 0 Å². The van der Waals surface area contributed by atoms with E-state index < -0.39 is 12.0 Å². The molecule has 0 bridgehead atoms. The van der Waals surface area contributed by atoms with E-state index in [9.17, 15) is 4.79 Å². The summed E-state index contributed by atoms with van der Waals surface area (Å²) in [4.78, 5) is 10.8. The minimum atomic E-state index is -0.998. The van der Waals surface area contributed by atoms with Gasteiger partial charge < -0.3 is 15.6 Å². The highest BCUT2D eigenvalue weighted by Crippen LogP contribution is 2.25. The van der Waals surface area contributed by atoms with Crippen molar-refractivity contribution >= 4 is 5.97 Å². The summed E-state index contributed by atoms with van der Waals surface area (Å²) in [6.45, 7) is 4.17. The fourth-order valence-corrected chi connectivity index (χ4v) is 1.64. The third kappa shape index (κ3) is 3.46. The van der Waals surface area contributed by atoms with Gasteiger partial charge in [0.25, 0.3) is 0 Å². The lowest BCUT2D eigenvalue weighted by Crippen LogP contribution is -2.32. The van der Waals surface area contributed by atoms with E-state index in [1.165, 1.54) is 0 Å². The summed E-state index contributed by atoms with van der Waals surface area (Å²) in [6, 6.07) is 4.91. The molecule has 1 atom stereocenters. The van der Waals surface area contributed by atoms with E-state index in [2.05, 4.69) is 13.8 Å². The Morgan fingerprint density at radius 1 is 1.47 bits per heavy atom. The zero-order valence-corrected chi connectivity index (χ0v) is 10.4. The second-order valence-electron chi connectivity index (χ2n) is 4.37. The molecule has 94 valence electrons. The van der Waals surface area contributed by atoms with Crippen LogP contribution in [0.5, 0.6) is 5.75 Å². The molecule has 4 nitrogen and oxygen atoms in total. The number of methoxy groups -OCH3 is 1. The van der Waals surface area contributed by atoms with Crippen LogP contribution in [0, 0.1) is 0 Å². The number of rotatable bonds is 5. The summed E-state index contributed by atoms with van der Waals surface area (Å²) in [6.07, 6.45) is 0.277. The monoisotopic (exact) mass is 237 g/mol. The van der Waals surface area contributed by atoms with Crippen molar-refractivity contribution in [2.75, 3.05) is 7.11 Å². The predicted molar refractivity (Wildman–Crippen MR) is 66.4 cm³/mol. The number of hydrogen-bond donors (Lipinski definition) is 2. The van der Waals surface area contributed by atoms with Gasteiger partial charge in [-0.3, -0.25) is 4.79 Å². The van der Waals surface area contributed by atoms with Crippen LogP contribution in [0.2, 0.25) is 0 Å². The number of carboxylic acids is 1. The van der Waals surface area contributed by atoms with Crippen molar-refractivity contribution < 1.29 is 14.6 Å². The summed E-state index contributed by atoms with van der Waals surface area (Å²) < 4.78 is 5.21. The van der Waals surface area contributed by atoms with Crippen molar-refractivity contribution in [3.05, 3.63) is 29.3 Å². The minimum absolute atomic E-state index is 0.277. The third-order valence-electron chi connectivity index (χ3n) is 2.73. The van der Waals surface area contributed by atoms with Gasteiger partial charge in [-0.2, -0.15) is 0 Å². The summed E-state index contributed by atoms with van der Waals surface area (Å²) in [5.74, 6) is 0.0776.